The summed E-state index contributed by atoms with van der Waals surface area (Å²) in [5.74, 6) is 0.722. The lowest BCUT2D eigenvalue weighted by Gasteiger charge is -2.18. The Labute approximate surface area is 160 Å². The van der Waals surface area contributed by atoms with Crippen molar-refractivity contribution >= 4 is 17.4 Å². The van der Waals surface area contributed by atoms with E-state index in [0.717, 1.165) is 30.1 Å². The van der Waals surface area contributed by atoms with Gasteiger partial charge in [-0.05, 0) is 18.6 Å². The zero-order chi connectivity index (χ0) is 18.9. The Morgan fingerprint density at radius 1 is 1.07 bits per heavy atom. The van der Waals surface area contributed by atoms with E-state index in [0.29, 0.717) is 6.54 Å². The van der Waals surface area contributed by atoms with Crippen molar-refractivity contribution < 1.29 is 4.79 Å². The maximum absolute atomic E-state index is 12.6. The van der Waals surface area contributed by atoms with Gasteiger partial charge in [0.1, 0.15) is 6.33 Å². The summed E-state index contributed by atoms with van der Waals surface area (Å²) in [6.07, 6.45) is 9.66. The molecule has 9 nitrogen and oxygen atoms in total. The zero-order valence-electron chi connectivity index (χ0n) is 15.0. The molecule has 4 aromatic rings. The molecule has 1 atom stereocenters. The second-order valence-electron chi connectivity index (χ2n) is 6.66. The predicted octanol–water partition coefficient (Wildman–Crippen LogP) is 1.32. The molecule has 0 bridgehead atoms. The van der Waals surface area contributed by atoms with E-state index in [1.165, 1.54) is 0 Å². The lowest BCUT2D eigenvalue weighted by atomic mass is 10.2. The Morgan fingerprint density at radius 3 is 2.75 bits per heavy atom. The van der Waals surface area contributed by atoms with Crippen LogP contribution in [0.5, 0.6) is 0 Å². The largest absolute Gasteiger partial charge is 0.351 e. The van der Waals surface area contributed by atoms with E-state index < -0.39 is 0 Å². The molecule has 4 heterocycles. The summed E-state index contributed by atoms with van der Waals surface area (Å²) < 4.78 is 3.53. The highest BCUT2D eigenvalue weighted by Crippen LogP contribution is 2.22. The topological polar surface area (TPSA) is 93.2 Å². The Balaban J connectivity index is 1.27. The van der Waals surface area contributed by atoms with E-state index in [1.807, 2.05) is 47.1 Å². The van der Waals surface area contributed by atoms with Gasteiger partial charge < -0.3 is 14.6 Å². The molecule has 0 saturated carbocycles. The number of fused-ring (bicyclic) bond motifs is 1. The maximum atomic E-state index is 12.6. The summed E-state index contributed by atoms with van der Waals surface area (Å²) in [4.78, 5) is 27.7. The Kier molecular flexibility index (Phi) is 3.97. The smallest absolute Gasteiger partial charge is 0.291 e. The average Bonchev–Trinajstić information content (AvgIpc) is 3.48. The molecule has 1 saturated heterocycles. The number of benzene rings is 1. The standard InChI is InChI=1S/C19H18N8O/c28-19(16-22-13-27(24-16)15-4-2-1-3-5-15)23-14-6-9-26(12-14)18-17-20-7-10-25(17)11-8-21-18/h1-5,7-8,10-11,13-14H,6,9,12H2,(H,23,28). The number of imidazole rings is 1. The molecule has 0 aliphatic carbocycles. The van der Waals surface area contributed by atoms with Crippen LogP contribution in [0.1, 0.15) is 17.0 Å². The molecule has 1 amide bonds. The highest BCUT2D eigenvalue weighted by atomic mass is 16.2. The van der Waals surface area contributed by atoms with Gasteiger partial charge in [-0.25, -0.2) is 19.6 Å². The number of para-hydroxylation sites is 1. The van der Waals surface area contributed by atoms with E-state index >= 15 is 0 Å². The first-order chi connectivity index (χ1) is 13.8. The molecular weight excluding hydrogens is 356 g/mol. The Bertz CT molecular complexity index is 1120. The monoisotopic (exact) mass is 374 g/mol. The first-order valence-corrected chi connectivity index (χ1v) is 9.08. The van der Waals surface area contributed by atoms with E-state index in [1.54, 1.807) is 23.4 Å². The van der Waals surface area contributed by atoms with Crippen LogP contribution in [0.25, 0.3) is 11.3 Å². The minimum Gasteiger partial charge on any atom is -0.351 e. The van der Waals surface area contributed by atoms with Gasteiger partial charge in [-0.2, -0.15) is 0 Å². The molecule has 1 fully saturated rings. The second-order valence-corrected chi connectivity index (χ2v) is 6.66. The van der Waals surface area contributed by atoms with E-state index in [2.05, 4.69) is 30.3 Å². The van der Waals surface area contributed by atoms with Crippen molar-refractivity contribution in [2.75, 3.05) is 18.0 Å². The maximum Gasteiger partial charge on any atom is 0.291 e. The summed E-state index contributed by atoms with van der Waals surface area (Å²) >= 11 is 0. The van der Waals surface area contributed by atoms with Crippen molar-refractivity contribution in [2.24, 2.45) is 0 Å². The fraction of sp³-hybridized carbons (Fsp3) is 0.211. The van der Waals surface area contributed by atoms with Gasteiger partial charge in [0, 0.05) is 43.9 Å². The minimum absolute atomic E-state index is 0.00759. The quantitative estimate of drug-likeness (QED) is 0.579. The molecule has 1 N–H and O–H groups in total. The first kappa shape index (κ1) is 16.4. The summed E-state index contributed by atoms with van der Waals surface area (Å²) in [6.45, 7) is 1.47. The third kappa shape index (κ3) is 2.96. The number of nitrogens with zero attached hydrogens (tertiary/aromatic N) is 7. The molecule has 0 radical (unpaired) electrons. The third-order valence-corrected chi connectivity index (χ3v) is 4.83. The second kappa shape index (κ2) is 6.76. The number of aromatic nitrogens is 6. The van der Waals surface area contributed by atoms with Gasteiger partial charge in [0.15, 0.2) is 11.5 Å². The van der Waals surface area contributed by atoms with E-state index in [4.69, 9.17) is 0 Å². The van der Waals surface area contributed by atoms with Crippen LogP contribution in [0.15, 0.2) is 61.4 Å². The van der Waals surface area contributed by atoms with Gasteiger partial charge in [-0.15, -0.1) is 5.10 Å². The number of nitrogens with one attached hydrogen (secondary N) is 1. The molecule has 1 aromatic carbocycles. The fourth-order valence-electron chi connectivity index (χ4n) is 3.46. The van der Waals surface area contributed by atoms with Gasteiger partial charge in [0.05, 0.1) is 5.69 Å². The van der Waals surface area contributed by atoms with Crippen LogP contribution in [-0.4, -0.2) is 54.2 Å². The van der Waals surface area contributed by atoms with Crippen LogP contribution in [0.3, 0.4) is 0 Å². The van der Waals surface area contributed by atoms with Crippen LogP contribution >= 0.6 is 0 Å². The summed E-state index contributed by atoms with van der Waals surface area (Å²) in [5, 5.41) is 7.32. The van der Waals surface area contributed by atoms with Crippen LogP contribution in [0, 0.1) is 0 Å². The predicted molar refractivity (Wildman–Crippen MR) is 102 cm³/mol. The van der Waals surface area contributed by atoms with Crippen LogP contribution < -0.4 is 10.2 Å². The molecule has 1 unspecified atom stereocenters. The lowest BCUT2D eigenvalue weighted by Crippen LogP contribution is -2.37. The Hall–Kier alpha value is -3.75. The Morgan fingerprint density at radius 2 is 1.89 bits per heavy atom. The van der Waals surface area contributed by atoms with Crippen LogP contribution in [0.2, 0.25) is 0 Å². The molecule has 140 valence electrons. The van der Waals surface area contributed by atoms with Gasteiger partial charge in [0.25, 0.3) is 5.91 Å². The van der Waals surface area contributed by atoms with Crippen molar-refractivity contribution in [3.05, 3.63) is 67.3 Å². The van der Waals surface area contributed by atoms with Crippen LogP contribution in [0.4, 0.5) is 5.82 Å². The van der Waals surface area contributed by atoms with Gasteiger partial charge in [-0.1, -0.05) is 18.2 Å². The first-order valence-electron chi connectivity index (χ1n) is 9.08. The number of hydrogen-bond donors (Lipinski definition) is 1. The van der Waals surface area contributed by atoms with Crippen molar-refractivity contribution in [3.8, 4) is 5.69 Å². The number of anilines is 1. The summed E-state index contributed by atoms with van der Waals surface area (Å²) in [6, 6.07) is 9.59. The number of carbonyl (C=O) groups is 1. The van der Waals surface area contributed by atoms with E-state index in [-0.39, 0.29) is 17.8 Å². The zero-order valence-corrected chi connectivity index (χ0v) is 15.0. The number of amides is 1. The number of carbonyl (C=O) groups excluding carboxylic acids is 1. The van der Waals surface area contributed by atoms with Gasteiger partial charge in [-0.3, -0.25) is 4.79 Å². The summed E-state index contributed by atoms with van der Waals surface area (Å²) in [7, 11) is 0. The number of hydrogen-bond acceptors (Lipinski definition) is 6. The SMILES string of the molecule is O=C(NC1CCN(c2nccn3ccnc23)C1)c1ncn(-c2ccccc2)n1. The molecule has 9 heteroatoms. The lowest BCUT2D eigenvalue weighted by molar-refractivity contribution is 0.0930. The molecule has 28 heavy (non-hydrogen) atoms. The molecular formula is C19H18N8O. The fourth-order valence-corrected chi connectivity index (χ4v) is 3.46. The number of rotatable bonds is 4. The molecule has 1 aliphatic heterocycles. The van der Waals surface area contributed by atoms with Crippen molar-refractivity contribution in [3.63, 3.8) is 0 Å². The van der Waals surface area contributed by atoms with E-state index in [9.17, 15) is 4.79 Å². The molecule has 5 rings (SSSR count). The van der Waals surface area contributed by atoms with Crippen molar-refractivity contribution in [1.82, 2.24) is 34.4 Å². The molecule has 0 spiro atoms. The highest BCUT2D eigenvalue weighted by Gasteiger charge is 2.27. The van der Waals surface area contributed by atoms with Gasteiger partial charge >= 0.3 is 0 Å². The van der Waals surface area contributed by atoms with Gasteiger partial charge in [0.2, 0.25) is 5.82 Å². The highest BCUT2D eigenvalue weighted by molar-refractivity contribution is 5.90. The minimum atomic E-state index is -0.270. The average molecular weight is 374 g/mol. The van der Waals surface area contributed by atoms with Crippen molar-refractivity contribution in [2.45, 2.75) is 12.5 Å². The molecule has 1 aliphatic rings. The van der Waals surface area contributed by atoms with Crippen LogP contribution in [-0.2, 0) is 0 Å². The summed E-state index contributed by atoms with van der Waals surface area (Å²) in [5.41, 5.74) is 1.68. The molecule has 3 aromatic heterocycles. The third-order valence-electron chi connectivity index (χ3n) is 4.83. The normalized spacial score (nSPS) is 16.6. The van der Waals surface area contributed by atoms with Crippen molar-refractivity contribution in [1.29, 1.82) is 0 Å².